The number of nitrogens with two attached hydrogens (primary N) is 1. The molecule has 1 aliphatic carbocycles. The Kier molecular flexibility index (Phi) is 6.37. The molecule has 0 spiro atoms. The summed E-state index contributed by atoms with van der Waals surface area (Å²) in [4.78, 5) is 5.42. The molecule has 2 rings (SSSR count). The van der Waals surface area contributed by atoms with Crippen molar-refractivity contribution in [2.75, 3.05) is 0 Å². The van der Waals surface area contributed by atoms with E-state index in [4.69, 9.17) is 28.9 Å². The first kappa shape index (κ1) is 16.5. The predicted molar refractivity (Wildman–Crippen MR) is 87.9 cm³/mol. The van der Waals surface area contributed by atoms with Crippen molar-refractivity contribution in [2.24, 2.45) is 16.6 Å². The van der Waals surface area contributed by atoms with Gasteiger partial charge in [-0.25, -0.2) is 0 Å². The largest absolute Gasteiger partial charge is 0.383 e. The van der Waals surface area contributed by atoms with Gasteiger partial charge in [-0.2, -0.15) is 0 Å². The zero-order chi connectivity index (χ0) is 14.6. The first-order valence-electron chi connectivity index (χ1n) is 6.27. The summed E-state index contributed by atoms with van der Waals surface area (Å²) in [6, 6.07) is 0.305. The Morgan fingerprint density at radius 1 is 1.53 bits per heavy atom. The third kappa shape index (κ3) is 4.51. The molecule has 0 amide bonds. The average molecular weight is 319 g/mol. The number of aliphatic imine (C=N–C) groups is 1. The first-order chi connectivity index (χ1) is 8.92. The van der Waals surface area contributed by atoms with Crippen molar-refractivity contribution in [3.63, 3.8) is 0 Å². The number of halogens is 2. The van der Waals surface area contributed by atoms with Crippen LogP contribution in [-0.4, -0.2) is 11.9 Å². The molecule has 0 aromatic carbocycles. The van der Waals surface area contributed by atoms with Crippen molar-refractivity contribution in [3.05, 3.63) is 32.5 Å². The predicted octanol–water partition coefficient (Wildman–Crippen LogP) is 5.06. The lowest BCUT2D eigenvalue weighted by molar-refractivity contribution is 0.652. The summed E-state index contributed by atoms with van der Waals surface area (Å²) in [5, 5.41) is 0.596. The molecule has 19 heavy (non-hydrogen) atoms. The fraction of sp³-hybridized carbons (Fsp3) is 0.500. The summed E-state index contributed by atoms with van der Waals surface area (Å²) >= 11 is 13.4. The van der Waals surface area contributed by atoms with Crippen LogP contribution in [0.25, 0.3) is 0 Å². The van der Waals surface area contributed by atoms with Crippen LogP contribution in [0.15, 0.2) is 17.6 Å². The lowest BCUT2D eigenvalue weighted by Crippen LogP contribution is -2.17. The van der Waals surface area contributed by atoms with E-state index in [0.29, 0.717) is 27.2 Å². The monoisotopic (exact) mass is 318 g/mol. The Labute approximate surface area is 129 Å². The minimum Gasteiger partial charge on any atom is -0.383 e. The van der Waals surface area contributed by atoms with Gasteiger partial charge in [0.05, 0.1) is 15.9 Å². The quantitative estimate of drug-likeness (QED) is 0.472. The van der Waals surface area contributed by atoms with Gasteiger partial charge in [0.2, 0.25) is 0 Å². The molecule has 2 nitrogen and oxygen atoms in total. The van der Waals surface area contributed by atoms with Crippen molar-refractivity contribution in [1.29, 1.82) is 0 Å². The maximum Gasteiger partial charge on any atom is 0.136 e. The molecule has 5 heteroatoms. The molecule has 1 aromatic heterocycles. The van der Waals surface area contributed by atoms with Crippen LogP contribution in [0.3, 0.4) is 0 Å². The molecule has 0 radical (unpaired) electrons. The summed E-state index contributed by atoms with van der Waals surface area (Å²) in [6.07, 6.45) is 4.28. The fourth-order valence-corrected chi connectivity index (χ4v) is 3.14. The number of rotatable bonds is 3. The molecule has 1 fully saturated rings. The van der Waals surface area contributed by atoms with E-state index >= 15 is 0 Å². The van der Waals surface area contributed by atoms with Crippen LogP contribution in [0.2, 0.25) is 9.36 Å². The summed E-state index contributed by atoms with van der Waals surface area (Å²) in [5.74, 6) is 1.28. The summed E-state index contributed by atoms with van der Waals surface area (Å²) in [7, 11) is 0. The molecule has 1 aliphatic rings. The minimum absolute atomic E-state index is 0.305. The molecule has 0 bridgehead atoms. The number of nitrogens with zero attached hydrogens (tertiary/aromatic N) is 1. The van der Waals surface area contributed by atoms with Crippen molar-refractivity contribution >= 4 is 40.4 Å². The van der Waals surface area contributed by atoms with E-state index in [-0.39, 0.29) is 0 Å². The van der Waals surface area contributed by atoms with Gasteiger partial charge in [-0.05, 0) is 45.1 Å². The van der Waals surface area contributed by atoms with E-state index in [0.717, 1.165) is 10.4 Å². The van der Waals surface area contributed by atoms with Crippen LogP contribution in [-0.2, 0) is 0 Å². The second-order valence-electron chi connectivity index (χ2n) is 4.64. The number of hydrogen-bond donors (Lipinski definition) is 1. The standard InChI is InChI=1S/C11H14Cl2N2S.C3H6/c1-5-8(12)10(13)16-9(5)11(14)15-6(2)7-3-4-7;1-3-2/h6-7H,3-4H2,1-2H3,(H2,14,15);3H,1H2,2H3. The normalized spacial score (nSPS) is 16.6. The summed E-state index contributed by atoms with van der Waals surface area (Å²) < 4.78 is 0.589. The van der Waals surface area contributed by atoms with Gasteiger partial charge in [0.25, 0.3) is 0 Å². The smallest absolute Gasteiger partial charge is 0.136 e. The van der Waals surface area contributed by atoms with E-state index in [1.165, 1.54) is 24.2 Å². The Bertz CT molecular complexity index is 476. The van der Waals surface area contributed by atoms with Gasteiger partial charge >= 0.3 is 0 Å². The topological polar surface area (TPSA) is 38.4 Å². The van der Waals surface area contributed by atoms with Crippen molar-refractivity contribution in [2.45, 2.75) is 39.7 Å². The molecule has 1 heterocycles. The van der Waals surface area contributed by atoms with E-state index in [9.17, 15) is 0 Å². The molecule has 1 aromatic rings. The molecule has 106 valence electrons. The highest BCUT2D eigenvalue weighted by Gasteiger charge is 2.28. The molecule has 1 saturated carbocycles. The van der Waals surface area contributed by atoms with Gasteiger partial charge in [-0.3, -0.25) is 4.99 Å². The van der Waals surface area contributed by atoms with E-state index in [1.807, 2.05) is 13.8 Å². The third-order valence-corrected chi connectivity index (χ3v) is 5.12. The van der Waals surface area contributed by atoms with Gasteiger partial charge in [0.15, 0.2) is 0 Å². The van der Waals surface area contributed by atoms with Crippen molar-refractivity contribution in [1.82, 2.24) is 0 Å². The highest BCUT2D eigenvalue weighted by atomic mass is 35.5. The summed E-state index contributed by atoms with van der Waals surface area (Å²) in [5.41, 5.74) is 6.92. The van der Waals surface area contributed by atoms with Crippen molar-refractivity contribution in [3.8, 4) is 0 Å². The number of amidine groups is 1. The highest BCUT2D eigenvalue weighted by Crippen LogP contribution is 2.37. The zero-order valence-electron chi connectivity index (χ0n) is 11.5. The maximum atomic E-state index is 6.02. The SMILES string of the molecule is C=CC.Cc1c(C(N)=NC(C)C2CC2)sc(Cl)c1Cl. The van der Waals surface area contributed by atoms with E-state index in [1.54, 1.807) is 6.08 Å². The second-order valence-corrected chi connectivity index (χ2v) is 6.65. The van der Waals surface area contributed by atoms with Gasteiger partial charge in [0.1, 0.15) is 10.2 Å². The molecule has 0 saturated heterocycles. The van der Waals surface area contributed by atoms with Gasteiger partial charge in [-0.1, -0.05) is 29.3 Å². The van der Waals surface area contributed by atoms with Gasteiger partial charge < -0.3 is 5.73 Å². The number of thiophene rings is 1. The summed E-state index contributed by atoms with van der Waals surface area (Å²) in [6.45, 7) is 9.28. The molecular formula is C14H20Cl2N2S. The Morgan fingerprint density at radius 2 is 2.05 bits per heavy atom. The fourth-order valence-electron chi connectivity index (χ4n) is 1.66. The lowest BCUT2D eigenvalue weighted by Gasteiger charge is -2.05. The Morgan fingerprint density at radius 3 is 2.42 bits per heavy atom. The van der Waals surface area contributed by atoms with Crippen LogP contribution in [0.1, 0.15) is 37.1 Å². The van der Waals surface area contributed by atoms with Crippen LogP contribution < -0.4 is 5.73 Å². The van der Waals surface area contributed by atoms with Crippen LogP contribution in [0.5, 0.6) is 0 Å². The molecule has 0 aliphatic heterocycles. The van der Waals surface area contributed by atoms with Crippen LogP contribution in [0.4, 0.5) is 0 Å². The number of allylic oxidation sites excluding steroid dienone is 1. The minimum atomic E-state index is 0.305. The zero-order valence-corrected chi connectivity index (χ0v) is 13.9. The van der Waals surface area contributed by atoms with Crippen molar-refractivity contribution < 1.29 is 0 Å². The lowest BCUT2D eigenvalue weighted by atomic mass is 10.2. The second kappa shape index (κ2) is 7.32. The van der Waals surface area contributed by atoms with E-state index < -0.39 is 0 Å². The molecular weight excluding hydrogens is 299 g/mol. The first-order valence-corrected chi connectivity index (χ1v) is 7.84. The highest BCUT2D eigenvalue weighted by molar-refractivity contribution is 7.19. The molecule has 2 N–H and O–H groups in total. The third-order valence-electron chi connectivity index (χ3n) is 2.91. The van der Waals surface area contributed by atoms with E-state index in [2.05, 4.69) is 18.5 Å². The van der Waals surface area contributed by atoms with Crippen LogP contribution >= 0.6 is 34.5 Å². The molecule has 1 atom stereocenters. The average Bonchev–Trinajstić information content (AvgIpc) is 3.15. The number of hydrogen-bond acceptors (Lipinski definition) is 2. The molecule has 1 unspecified atom stereocenters. The Balaban J connectivity index is 0.000000550. The maximum absolute atomic E-state index is 6.02. The van der Waals surface area contributed by atoms with Gasteiger partial charge in [-0.15, -0.1) is 17.9 Å². The van der Waals surface area contributed by atoms with Gasteiger partial charge in [0, 0.05) is 0 Å². The Hall–Kier alpha value is -0.510. The van der Waals surface area contributed by atoms with Crippen LogP contribution in [0, 0.1) is 12.8 Å².